The minimum atomic E-state index is 0.736. The minimum Gasteiger partial charge on any atom is -0.299 e. The molecule has 41 valence electrons. The van der Waals surface area contributed by atoms with Crippen molar-refractivity contribution in [2.24, 2.45) is 0 Å². The fraction of sp³-hybridized carbons (Fsp3) is 0.833. The largest absolute Gasteiger partial charge is 0.299 e. The van der Waals surface area contributed by atoms with Gasteiger partial charge in [-0.15, -0.1) is 0 Å². The average molecular weight is 98.2 g/mol. The van der Waals surface area contributed by atoms with Crippen molar-refractivity contribution in [3.8, 4) is 0 Å². The molecule has 0 aromatic heterocycles. The van der Waals surface area contributed by atoms with E-state index in [0.29, 0.717) is 0 Å². The standard InChI is InChI=1S/C6H12N/c1-6-4-3-5-7(6)2/h6H,2-5H2,1H3/t6-/m1/s1. The first-order valence-corrected chi connectivity index (χ1v) is 2.88. The van der Waals surface area contributed by atoms with Crippen molar-refractivity contribution in [3.63, 3.8) is 0 Å². The van der Waals surface area contributed by atoms with Crippen molar-refractivity contribution in [1.29, 1.82) is 0 Å². The molecule has 1 saturated heterocycles. The van der Waals surface area contributed by atoms with Gasteiger partial charge in [0.2, 0.25) is 0 Å². The Morgan fingerprint density at radius 3 is 2.57 bits per heavy atom. The number of likely N-dealkylation sites (tertiary alicyclic amines) is 1. The van der Waals surface area contributed by atoms with Crippen molar-refractivity contribution in [3.05, 3.63) is 7.05 Å². The summed E-state index contributed by atoms with van der Waals surface area (Å²) in [5.41, 5.74) is 0. The van der Waals surface area contributed by atoms with Gasteiger partial charge in [0.25, 0.3) is 0 Å². The van der Waals surface area contributed by atoms with Crippen LogP contribution in [-0.2, 0) is 0 Å². The van der Waals surface area contributed by atoms with Crippen molar-refractivity contribution in [2.75, 3.05) is 6.54 Å². The number of rotatable bonds is 0. The molecule has 0 aromatic rings. The lowest BCUT2D eigenvalue weighted by Crippen LogP contribution is -2.18. The Bertz CT molecular complexity index is 53.2. The van der Waals surface area contributed by atoms with Gasteiger partial charge in [0.15, 0.2) is 0 Å². The van der Waals surface area contributed by atoms with Gasteiger partial charge in [-0.2, -0.15) is 0 Å². The van der Waals surface area contributed by atoms with Gasteiger partial charge in [-0.1, -0.05) is 0 Å². The van der Waals surface area contributed by atoms with Gasteiger partial charge in [-0.25, -0.2) is 0 Å². The normalized spacial score (nSPS) is 34.3. The van der Waals surface area contributed by atoms with E-state index in [0.717, 1.165) is 6.04 Å². The van der Waals surface area contributed by atoms with Gasteiger partial charge >= 0.3 is 0 Å². The molecule has 1 aliphatic heterocycles. The Hall–Kier alpha value is -0.0400. The van der Waals surface area contributed by atoms with Crippen LogP contribution in [0.3, 0.4) is 0 Å². The molecule has 0 aliphatic carbocycles. The van der Waals surface area contributed by atoms with Crippen molar-refractivity contribution < 1.29 is 0 Å². The maximum absolute atomic E-state index is 3.85. The molecule has 1 fully saturated rings. The monoisotopic (exact) mass is 98.1 g/mol. The third-order valence-electron chi connectivity index (χ3n) is 1.69. The van der Waals surface area contributed by atoms with Gasteiger partial charge in [-0.3, -0.25) is 4.90 Å². The molecule has 1 heterocycles. The molecule has 0 unspecified atom stereocenters. The van der Waals surface area contributed by atoms with Gasteiger partial charge in [0.1, 0.15) is 0 Å². The zero-order valence-electron chi connectivity index (χ0n) is 4.85. The summed E-state index contributed by atoms with van der Waals surface area (Å²) in [5.74, 6) is 0. The Kier molecular flexibility index (Phi) is 1.33. The third kappa shape index (κ3) is 0.942. The van der Waals surface area contributed by atoms with E-state index in [9.17, 15) is 0 Å². The van der Waals surface area contributed by atoms with Crippen LogP contribution in [0.1, 0.15) is 19.8 Å². The smallest absolute Gasteiger partial charge is 0.0112 e. The third-order valence-corrected chi connectivity index (χ3v) is 1.69. The molecule has 1 radical (unpaired) electrons. The van der Waals surface area contributed by atoms with E-state index < -0.39 is 0 Å². The van der Waals surface area contributed by atoms with E-state index in [1.54, 1.807) is 0 Å². The first kappa shape index (κ1) is 5.10. The summed E-state index contributed by atoms with van der Waals surface area (Å²) in [6.45, 7) is 3.42. The van der Waals surface area contributed by atoms with Gasteiger partial charge < -0.3 is 0 Å². The van der Waals surface area contributed by atoms with E-state index in [4.69, 9.17) is 0 Å². The quantitative estimate of drug-likeness (QED) is 0.441. The van der Waals surface area contributed by atoms with E-state index >= 15 is 0 Å². The van der Waals surface area contributed by atoms with Crippen LogP contribution < -0.4 is 0 Å². The van der Waals surface area contributed by atoms with Crippen LogP contribution in [0.4, 0.5) is 0 Å². The molecule has 7 heavy (non-hydrogen) atoms. The first-order chi connectivity index (χ1) is 3.30. The van der Waals surface area contributed by atoms with Crippen LogP contribution in [0, 0.1) is 7.05 Å². The highest BCUT2D eigenvalue weighted by Crippen LogP contribution is 2.13. The zero-order valence-corrected chi connectivity index (χ0v) is 4.85. The SMILES string of the molecule is [CH2]N1CCC[C@H]1C. The molecule has 1 aliphatic rings. The molecule has 0 saturated carbocycles. The molecule has 0 bridgehead atoms. The zero-order chi connectivity index (χ0) is 5.28. The van der Waals surface area contributed by atoms with Crippen LogP contribution >= 0.6 is 0 Å². The van der Waals surface area contributed by atoms with E-state index in [1.807, 2.05) is 0 Å². The number of hydrogen-bond acceptors (Lipinski definition) is 1. The molecular formula is C6H12N. The highest BCUT2D eigenvalue weighted by atomic mass is 15.1. The van der Waals surface area contributed by atoms with Crippen LogP contribution in [0.25, 0.3) is 0 Å². The fourth-order valence-corrected chi connectivity index (χ4v) is 0.993. The average Bonchev–Trinajstić information content (AvgIpc) is 1.91. The van der Waals surface area contributed by atoms with E-state index in [1.165, 1.54) is 19.4 Å². The lowest BCUT2D eigenvalue weighted by molar-refractivity contribution is 0.366. The molecule has 1 heteroatoms. The Labute approximate surface area is 45.3 Å². The number of nitrogens with zero attached hydrogens (tertiary/aromatic N) is 1. The molecule has 0 amide bonds. The molecule has 0 spiro atoms. The summed E-state index contributed by atoms with van der Waals surface area (Å²) < 4.78 is 0. The lowest BCUT2D eigenvalue weighted by atomic mass is 10.3. The lowest BCUT2D eigenvalue weighted by Gasteiger charge is -2.11. The predicted molar refractivity (Wildman–Crippen MR) is 30.8 cm³/mol. The molecule has 0 N–H and O–H groups in total. The maximum Gasteiger partial charge on any atom is 0.0112 e. The van der Waals surface area contributed by atoms with Crippen molar-refractivity contribution in [1.82, 2.24) is 4.90 Å². The van der Waals surface area contributed by atoms with Crippen molar-refractivity contribution >= 4 is 0 Å². The molecular weight excluding hydrogens is 86.1 g/mol. The summed E-state index contributed by atoms with van der Waals surface area (Å²) >= 11 is 0. The summed E-state index contributed by atoms with van der Waals surface area (Å²) in [4.78, 5) is 2.15. The van der Waals surface area contributed by atoms with Gasteiger partial charge in [0, 0.05) is 13.1 Å². The molecule has 0 aromatic carbocycles. The Morgan fingerprint density at radius 1 is 1.71 bits per heavy atom. The van der Waals surface area contributed by atoms with Crippen LogP contribution in [0.15, 0.2) is 0 Å². The summed E-state index contributed by atoms with van der Waals surface area (Å²) in [6, 6.07) is 0.736. The van der Waals surface area contributed by atoms with E-state index in [2.05, 4.69) is 18.9 Å². The highest BCUT2D eigenvalue weighted by Gasteiger charge is 2.14. The summed E-state index contributed by atoms with van der Waals surface area (Å²) in [7, 11) is 3.85. The fourth-order valence-electron chi connectivity index (χ4n) is 0.993. The topological polar surface area (TPSA) is 3.24 Å². The molecule has 1 rings (SSSR count). The van der Waals surface area contributed by atoms with Crippen LogP contribution in [0.5, 0.6) is 0 Å². The molecule has 1 atom stereocenters. The second kappa shape index (κ2) is 1.83. The highest BCUT2D eigenvalue weighted by molar-refractivity contribution is 4.73. The Morgan fingerprint density at radius 2 is 2.43 bits per heavy atom. The summed E-state index contributed by atoms with van der Waals surface area (Å²) in [6.07, 6.45) is 2.67. The molecule has 1 nitrogen and oxygen atoms in total. The van der Waals surface area contributed by atoms with E-state index in [-0.39, 0.29) is 0 Å². The van der Waals surface area contributed by atoms with Crippen LogP contribution in [-0.4, -0.2) is 17.5 Å². The second-order valence-corrected chi connectivity index (χ2v) is 2.30. The first-order valence-electron chi connectivity index (χ1n) is 2.88. The van der Waals surface area contributed by atoms with Gasteiger partial charge in [0.05, 0.1) is 0 Å². The number of hydrogen-bond donors (Lipinski definition) is 0. The maximum atomic E-state index is 3.85. The minimum absolute atomic E-state index is 0.736. The van der Waals surface area contributed by atoms with Crippen molar-refractivity contribution in [2.45, 2.75) is 25.8 Å². The summed E-state index contributed by atoms with van der Waals surface area (Å²) in [5, 5.41) is 0. The predicted octanol–water partition coefficient (Wildman–Crippen LogP) is 1.26. The van der Waals surface area contributed by atoms with Crippen LogP contribution in [0.2, 0.25) is 0 Å². The second-order valence-electron chi connectivity index (χ2n) is 2.30. The Balaban J connectivity index is 2.33. The van der Waals surface area contributed by atoms with Gasteiger partial charge in [-0.05, 0) is 26.3 Å².